The van der Waals surface area contributed by atoms with Crippen LogP contribution in [0.25, 0.3) is 0 Å². The number of hydrogen-bond acceptors (Lipinski definition) is 5. The number of hydrogen-bond donors (Lipinski definition) is 1. The molecule has 0 aliphatic heterocycles. The standard InChI is InChI=1S/C13H24N4S/c1-11(2)17(3)8-6-5-7-14-12-9-13(18-4)16-10-15-12/h9-11H,5-8H2,1-4H3,(H,14,15,16). The molecule has 0 spiro atoms. The van der Waals surface area contributed by atoms with Crippen LogP contribution in [-0.2, 0) is 0 Å². The van der Waals surface area contributed by atoms with Crippen LogP contribution < -0.4 is 5.32 Å². The minimum absolute atomic E-state index is 0.629. The van der Waals surface area contributed by atoms with E-state index in [1.54, 1.807) is 18.1 Å². The van der Waals surface area contributed by atoms with Crippen molar-refractivity contribution in [2.45, 2.75) is 37.8 Å². The first-order valence-corrected chi connectivity index (χ1v) is 7.66. The third kappa shape index (κ3) is 5.69. The number of aromatic nitrogens is 2. The van der Waals surface area contributed by atoms with Crippen LogP contribution in [0, 0.1) is 0 Å². The smallest absolute Gasteiger partial charge is 0.130 e. The Morgan fingerprint density at radius 2 is 2.11 bits per heavy atom. The molecule has 0 fully saturated rings. The van der Waals surface area contributed by atoms with Crippen LogP contribution in [0.15, 0.2) is 17.4 Å². The van der Waals surface area contributed by atoms with Crippen LogP contribution in [0.3, 0.4) is 0 Å². The molecule has 5 heteroatoms. The molecule has 0 aliphatic rings. The topological polar surface area (TPSA) is 41.0 Å². The van der Waals surface area contributed by atoms with E-state index >= 15 is 0 Å². The second kappa shape index (κ2) is 8.32. The summed E-state index contributed by atoms with van der Waals surface area (Å²) < 4.78 is 0. The second-order valence-electron chi connectivity index (χ2n) is 4.65. The number of thioether (sulfide) groups is 1. The maximum absolute atomic E-state index is 4.20. The Morgan fingerprint density at radius 3 is 2.78 bits per heavy atom. The van der Waals surface area contributed by atoms with Gasteiger partial charge in [-0.15, -0.1) is 11.8 Å². The Labute approximate surface area is 115 Å². The van der Waals surface area contributed by atoms with E-state index in [0.717, 1.165) is 30.4 Å². The average molecular weight is 268 g/mol. The van der Waals surface area contributed by atoms with Gasteiger partial charge in [0.05, 0.1) is 0 Å². The maximum atomic E-state index is 4.20. The highest BCUT2D eigenvalue weighted by molar-refractivity contribution is 7.98. The zero-order valence-corrected chi connectivity index (χ0v) is 12.6. The van der Waals surface area contributed by atoms with E-state index in [1.165, 1.54) is 6.42 Å². The third-order valence-electron chi connectivity index (χ3n) is 2.98. The molecule has 102 valence electrons. The third-order valence-corrected chi connectivity index (χ3v) is 3.62. The predicted molar refractivity (Wildman–Crippen MR) is 79.3 cm³/mol. The zero-order valence-electron chi connectivity index (χ0n) is 11.8. The van der Waals surface area contributed by atoms with Crippen molar-refractivity contribution in [2.75, 3.05) is 31.7 Å². The fourth-order valence-electron chi connectivity index (χ4n) is 1.51. The molecule has 4 nitrogen and oxygen atoms in total. The van der Waals surface area contributed by atoms with Crippen molar-refractivity contribution in [3.05, 3.63) is 12.4 Å². The molecule has 0 aromatic carbocycles. The van der Waals surface area contributed by atoms with Crippen LogP contribution in [0.5, 0.6) is 0 Å². The highest BCUT2D eigenvalue weighted by atomic mass is 32.2. The Balaban J connectivity index is 2.17. The first-order valence-electron chi connectivity index (χ1n) is 6.43. The van der Waals surface area contributed by atoms with Crippen molar-refractivity contribution in [2.24, 2.45) is 0 Å². The summed E-state index contributed by atoms with van der Waals surface area (Å²) in [6, 6.07) is 2.62. The van der Waals surface area contributed by atoms with E-state index in [0.29, 0.717) is 6.04 Å². The van der Waals surface area contributed by atoms with Gasteiger partial charge < -0.3 is 10.2 Å². The lowest BCUT2D eigenvalue weighted by molar-refractivity contribution is 0.269. The quantitative estimate of drug-likeness (QED) is 0.446. The molecule has 1 heterocycles. The first kappa shape index (κ1) is 15.2. The molecule has 0 saturated heterocycles. The van der Waals surface area contributed by atoms with E-state index < -0.39 is 0 Å². The van der Waals surface area contributed by atoms with Crippen LogP contribution in [-0.4, -0.2) is 47.3 Å². The maximum Gasteiger partial charge on any atom is 0.130 e. The van der Waals surface area contributed by atoms with Crippen molar-refractivity contribution in [1.29, 1.82) is 0 Å². The summed E-state index contributed by atoms with van der Waals surface area (Å²) in [7, 11) is 2.17. The number of rotatable bonds is 8. The highest BCUT2D eigenvalue weighted by Crippen LogP contribution is 2.13. The van der Waals surface area contributed by atoms with Gasteiger partial charge in [0.1, 0.15) is 17.2 Å². The van der Waals surface area contributed by atoms with Crippen LogP contribution in [0.4, 0.5) is 5.82 Å². The summed E-state index contributed by atoms with van der Waals surface area (Å²) in [6.07, 6.45) is 6.01. The van der Waals surface area contributed by atoms with E-state index in [2.05, 4.69) is 41.1 Å². The molecule has 1 N–H and O–H groups in total. The van der Waals surface area contributed by atoms with Crippen LogP contribution >= 0.6 is 11.8 Å². The van der Waals surface area contributed by atoms with Crippen LogP contribution in [0.1, 0.15) is 26.7 Å². The van der Waals surface area contributed by atoms with Gasteiger partial charge in [-0.05, 0) is 46.5 Å². The second-order valence-corrected chi connectivity index (χ2v) is 5.48. The van der Waals surface area contributed by atoms with Gasteiger partial charge in [-0.2, -0.15) is 0 Å². The molecule has 1 rings (SSSR count). The van der Waals surface area contributed by atoms with E-state index in [1.807, 2.05) is 12.3 Å². The van der Waals surface area contributed by atoms with Crippen molar-refractivity contribution >= 4 is 17.6 Å². The SMILES string of the molecule is CSc1cc(NCCCCN(C)C(C)C)ncn1. The van der Waals surface area contributed by atoms with Gasteiger partial charge in [-0.1, -0.05) is 0 Å². The lowest BCUT2D eigenvalue weighted by Crippen LogP contribution is -2.27. The molecular weight excluding hydrogens is 244 g/mol. The molecule has 0 aliphatic carbocycles. The van der Waals surface area contributed by atoms with Gasteiger partial charge in [-0.25, -0.2) is 9.97 Å². The lowest BCUT2D eigenvalue weighted by atomic mass is 10.2. The van der Waals surface area contributed by atoms with Gasteiger partial charge >= 0.3 is 0 Å². The minimum Gasteiger partial charge on any atom is -0.370 e. The van der Waals surface area contributed by atoms with Crippen molar-refractivity contribution < 1.29 is 0 Å². The zero-order chi connectivity index (χ0) is 13.4. The fraction of sp³-hybridized carbons (Fsp3) is 0.692. The predicted octanol–water partition coefficient (Wildman–Crippen LogP) is 2.73. The molecule has 0 unspecified atom stereocenters. The van der Waals surface area contributed by atoms with E-state index in [9.17, 15) is 0 Å². The summed E-state index contributed by atoms with van der Waals surface area (Å²) >= 11 is 1.64. The molecule has 0 bridgehead atoms. The molecule has 0 amide bonds. The number of nitrogens with zero attached hydrogens (tertiary/aromatic N) is 3. The summed E-state index contributed by atoms with van der Waals surface area (Å²) in [5.74, 6) is 0.923. The van der Waals surface area contributed by atoms with Gasteiger partial charge in [0, 0.05) is 18.7 Å². The van der Waals surface area contributed by atoms with Gasteiger partial charge in [0.15, 0.2) is 0 Å². The molecule has 18 heavy (non-hydrogen) atoms. The monoisotopic (exact) mass is 268 g/mol. The first-order chi connectivity index (χ1) is 8.63. The molecule has 0 atom stereocenters. The largest absolute Gasteiger partial charge is 0.370 e. The summed E-state index contributed by atoms with van der Waals surface area (Å²) in [4.78, 5) is 10.7. The summed E-state index contributed by atoms with van der Waals surface area (Å²) in [5.41, 5.74) is 0. The van der Waals surface area contributed by atoms with Crippen molar-refractivity contribution in [1.82, 2.24) is 14.9 Å². The van der Waals surface area contributed by atoms with Crippen molar-refractivity contribution in [3.63, 3.8) is 0 Å². The van der Waals surface area contributed by atoms with E-state index in [-0.39, 0.29) is 0 Å². The molecular formula is C13H24N4S. The molecule has 0 saturated carbocycles. The Bertz CT molecular complexity index is 344. The van der Waals surface area contributed by atoms with Gasteiger partial charge in [0.2, 0.25) is 0 Å². The normalized spacial score (nSPS) is 11.2. The van der Waals surface area contributed by atoms with Gasteiger partial charge in [0.25, 0.3) is 0 Å². The molecule has 1 aromatic heterocycles. The Morgan fingerprint density at radius 1 is 1.33 bits per heavy atom. The Kier molecular flexibility index (Phi) is 7.05. The Hall–Kier alpha value is -0.810. The number of unbranched alkanes of at least 4 members (excludes halogenated alkanes) is 1. The van der Waals surface area contributed by atoms with E-state index in [4.69, 9.17) is 0 Å². The summed E-state index contributed by atoms with van der Waals surface area (Å²) in [6.45, 7) is 6.57. The fourth-order valence-corrected chi connectivity index (χ4v) is 1.89. The average Bonchev–Trinajstić information content (AvgIpc) is 2.38. The lowest BCUT2D eigenvalue weighted by Gasteiger charge is -2.20. The molecule has 1 aromatic rings. The van der Waals surface area contributed by atoms with Gasteiger partial charge in [-0.3, -0.25) is 0 Å². The van der Waals surface area contributed by atoms with Crippen molar-refractivity contribution in [3.8, 4) is 0 Å². The van der Waals surface area contributed by atoms with Crippen LogP contribution in [0.2, 0.25) is 0 Å². The number of nitrogens with one attached hydrogen (secondary N) is 1. The minimum atomic E-state index is 0.629. The highest BCUT2D eigenvalue weighted by Gasteiger charge is 2.02. The molecule has 0 radical (unpaired) electrons. The summed E-state index contributed by atoms with van der Waals surface area (Å²) in [5, 5.41) is 4.35. The number of anilines is 1.